The molecule has 1 N–H and O–H groups in total. The lowest BCUT2D eigenvalue weighted by atomic mass is 9.96. The summed E-state index contributed by atoms with van der Waals surface area (Å²) in [7, 11) is -3.94. The number of carbonyl (C=O) groups excluding carboxylic acids is 1. The van der Waals surface area contributed by atoms with E-state index in [9.17, 15) is 13.2 Å². The van der Waals surface area contributed by atoms with Gasteiger partial charge in [-0.1, -0.05) is 29.8 Å². The maximum atomic E-state index is 13.6. The predicted molar refractivity (Wildman–Crippen MR) is 141 cm³/mol. The first-order chi connectivity index (χ1) is 16.0. The molecule has 0 aliphatic heterocycles. The molecular weight excluding hydrogens is 464 g/mol. The molecule has 3 aromatic rings. The molecule has 1 amide bonds. The van der Waals surface area contributed by atoms with Crippen LogP contribution in [0.15, 0.2) is 70.5 Å². The molecule has 180 valence electrons. The van der Waals surface area contributed by atoms with Crippen molar-refractivity contribution in [3.63, 3.8) is 0 Å². The van der Waals surface area contributed by atoms with Gasteiger partial charge in [0, 0.05) is 4.90 Å². The molecule has 7 heteroatoms. The van der Waals surface area contributed by atoms with Crippen LogP contribution in [0.1, 0.15) is 40.8 Å². The highest BCUT2D eigenvalue weighted by Crippen LogP contribution is 2.26. The van der Waals surface area contributed by atoms with Gasteiger partial charge in [-0.05, 0) is 99.5 Å². The summed E-state index contributed by atoms with van der Waals surface area (Å²) < 4.78 is 28.3. The normalized spacial score (nSPS) is 12.3. The van der Waals surface area contributed by atoms with Crippen LogP contribution in [0.4, 0.5) is 5.69 Å². The van der Waals surface area contributed by atoms with Crippen molar-refractivity contribution in [2.45, 2.75) is 50.5 Å². The lowest BCUT2D eigenvalue weighted by Crippen LogP contribution is -2.41. The first-order valence-corrected chi connectivity index (χ1v) is 13.8. The third-order valence-electron chi connectivity index (χ3n) is 5.98. The Balaban J connectivity index is 1.90. The number of nitrogens with zero attached hydrogens (tertiary/aromatic N) is 1. The number of anilines is 1. The summed E-state index contributed by atoms with van der Waals surface area (Å²) >= 11 is 1.54. The lowest BCUT2D eigenvalue weighted by molar-refractivity contribution is -0.120. The van der Waals surface area contributed by atoms with E-state index in [1.807, 2.05) is 46.1 Å². The molecule has 0 aromatic heterocycles. The number of thioether (sulfide) groups is 1. The second-order valence-electron chi connectivity index (χ2n) is 8.61. The van der Waals surface area contributed by atoms with Gasteiger partial charge in [0.1, 0.15) is 6.54 Å². The van der Waals surface area contributed by atoms with Gasteiger partial charge in [-0.15, -0.1) is 11.8 Å². The average molecular weight is 497 g/mol. The summed E-state index contributed by atoms with van der Waals surface area (Å²) in [6.07, 6.45) is 1.94. The van der Waals surface area contributed by atoms with Gasteiger partial charge in [0.15, 0.2) is 0 Å². The Morgan fingerprint density at radius 2 is 1.50 bits per heavy atom. The topological polar surface area (TPSA) is 66.5 Å². The molecule has 3 aromatic carbocycles. The molecular formula is C27H32N2O3S2. The summed E-state index contributed by atoms with van der Waals surface area (Å²) in [6.45, 7) is 9.66. The molecule has 0 aliphatic carbocycles. The van der Waals surface area contributed by atoms with Crippen LogP contribution in [0, 0.1) is 27.7 Å². The standard InChI is InChI=1S/C27H32N2O3S2/c1-18-7-9-23(10-8-18)29(34(31,32)25-13-11-24(33-6)12-14-25)17-27(30)28-22(5)26-16-20(3)19(2)15-21(26)4/h7-16,22H,17H2,1-6H3,(H,28,30)/t22-/m1/s1. The summed E-state index contributed by atoms with van der Waals surface area (Å²) in [4.78, 5) is 14.2. The molecule has 1 atom stereocenters. The fourth-order valence-corrected chi connectivity index (χ4v) is 5.67. The first-order valence-electron chi connectivity index (χ1n) is 11.1. The van der Waals surface area contributed by atoms with E-state index in [4.69, 9.17) is 0 Å². The SMILES string of the molecule is CSc1ccc(S(=O)(=O)N(CC(=O)N[C@H](C)c2cc(C)c(C)cc2C)c2ccc(C)cc2)cc1. The van der Waals surface area contributed by atoms with E-state index < -0.39 is 10.0 Å². The van der Waals surface area contributed by atoms with Crippen molar-refractivity contribution in [2.24, 2.45) is 0 Å². The van der Waals surface area contributed by atoms with E-state index in [-0.39, 0.29) is 23.4 Å². The van der Waals surface area contributed by atoms with E-state index in [0.717, 1.165) is 27.1 Å². The van der Waals surface area contributed by atoms with Gasteiger partial charge in [-0.3, -0.25) is 9.10 Å². The second kappa shape index (κ2) is 10.7. The van der Waals surface area contributed by atoms with Crippen molar-refractivity contribution < 1.29 is 13.2 Å². The van der Waals surface area contributed by atoms with Crippen molar-refractivity contribution in [3.8, 4) is 0 Å². The second-order valence-corrected chi connectivity index (χ2v) is 11.3. The molecule has 0 aliphatic rings. The maximum Gasteiger partial charge on any atom is 0.264 e. The first kappa shape index (κ1) is 25.8. The minimum absolute atomic E-state index is 0.150. The predicted octanol–water partition coefficient (Wildman–Crippen LogP) is 5.71. The monoisotopic (exact) mass is 496 g/mol. The highest BCUT2D eigenvalue weighted by Gasteiger charge is 2.28. The van der Waals surface area contributed by atoms with Crippen LogP contribution >= 0.6 is 11.8 Å². The number of hydrogen-bond acceptors (Lipinski definition) is 4. The third-order valence-corrected chi connectivity index (χ3v) is 8.51. The van der Waals surface area contributed by atoms with Gasteiger partial charge >= 0.3 is 0 Å². The Kier molecular flexibility index (Phi) is 8.10. The number of hydrogen-bond donors (Lipinski definition) is 1. The van der Waals surface area contributed by atoms with Crippen LogP contribution in [0.2, 0.25) is 0 Å². The van der Waals surface area contributed by atoms with Gasteiger partial charge in [0.25, 0.3) is 10.0 Å². The Morgan fingerprint density at radius 3 is 2.09 bits per heavy atom. The molecule has 0 radical (unpaired) electrons. The largest absolute Gasteiger partial charge is 0.348 e. The van der Waals surface area contributed by atoms with E-state index in [2.05, 4.69) is 24.4 Å². The smallest absolute Gasteiger partial charge is 0.264 e. The highest BCUT2D eigenvalue weighted by molar-refractivity contribution is 7.98. The van der Waals surface area contributed by atoms with Crippen molar-refractivity contribution in [3.05, 3.63) is 88.5 Å². The Morgan fingerprint density at radius 1 is 0.912 bits per heavy atom. The average Bonchev–Trinajstić information content (AvgIpc) is 2.80. The fourth-order valence-electron chi connectivity index (χ4n) is 3.85. The summed E-state index contributed by atoms with van der Waals surface area (Å²) in [5.74, 6) is -0.366. The van der Waals surface area contributed by atoms with Crippen LogP contribution in [-0.2, 0) is 14.8 Å². The molecule has 0 fully saturated rings. The minimum atomic E-state index is -3.94. The van der Waals surface area contributed by atoms with E-state index >= 15 is 0 Å². The van der Waals surface area contributed by atoms with Crippen LogP contribution in [0.25, 0.3) is 0 Å². The number of benzene rings is 3. The molecule has 0 unspecified atom stereocenters. The Bertz CT molecular complexity index is 1270. The zero-order valence-electron chi connectivity index (χ0n) is 20.5. The third kappa shape index (κ3) is 5.83. The Labute approximate surface area is 207 Å². The molecule has 3 rings (SSSR count). The summed E-state index contributed by atoms with van der Waals surface area (Å²) in [5.41, 5.74) is 5.92. The van der Waals surface area contributed by atoms with E-state index in [0.29, 0.717) is 5.69 Å². The molecule has 5 nitrogen and oxygen atoms in total. The zero-order valence-corrected chi connectivity index (χ0v) is 22.2. The van der Waals surface area contributed by atoms with Crippen molar-refractivity contribution in [1.82, 2.24) is 5.32 Å². The number of amides is 1. The van der Waals surface area contributed by atoms with Crippen molar-refractivity contribution in [2.75, 3.05) is 17.1 Å². The molecule has 34 heavy (non-hydrogen) atoms. The Hall–Kier alpha value is -2.77. The number of sulfonamides is 1. The van der Waals surface area contributed by atoms with Gasteiger partial charge < -0.3 is 5.32 Å². The zero-order chi connectivity index (χ0) is 25.0. The molecule has 0 saturated carbocycles. The van der Waals surface area contributed by atoms with Crippen molar-refractivity contribution in [1.29, 1.82) is 0 Å². The quantitative estimate of drug-likeness (QED) is 0.405. The summed E-state index contributed by atoms with van der Waals surface area (Å²) in [6, 6.07) is 17.8. The van der Waals surface area contributed by atoms with Crippen LogP contribution < -0.4 is 9.62 Å². The number of aryl methyl sites for hydroxylation is 4. The molecule has 0 bridgehead atoms. The molecule has 0 heterocycles. The van der Waals surface area contributed by atoms with Gasteiger partial charge in [-0.2, -0.15) is 0 Å². The highest BCUT2D eigenvalue weighted by atomic mass is 32.2. The fraction of sp³-hybridized carbons (Fsp3) is 0.296. The number of carbonyl (C=O) groups is 1. The van der Waals surface area contributed by atoms with Gasteiger partial charge in [0.05, 0.1) is 16.6 Å². The van der Waals surface area contributed by atoms with E-state index in [1.54, 1.807) is 48.2 Å². The molecule has 0 saturated heterocycles. The number of rotatable bonds is 8. The minimum Gasteiger partial charge on any atom is -0.348 e. The summed E-state index contributed by atoms with van der Waals surface area (Å²) in [5, 5.41) is 2.99. The van der Waals surface area contributed by atoms with Crippen molar-refractivity contribution >= 4 is 33.4 Å². The van der Waals surface area contributed by atoms with Crippen LogP contribution in [0.3, 0.4) is 0 Å². The van der Waals surface area contributed by atoms with E-state index in [1.165, 1.54) is 9.87 Å². The van der Waals surface area contributed by atoms with Crippen LogP contribution in [0.5, 0.6) is 0 Å². The maximum absolute atomic E-state index is 13.6. The van der Waals surface area contributed by atoms with Gasteiger partial charge in [-0.25, -0.2) is 8.42 Å². The number of nitrogens with one attached hydrogen (secondary N) is 1. The lowest BCUT2D eigenvalue weighted by Gasteiger charge is -2.26. The molecule has 0 spiro atoms. The van der Waals surface area contributed by atoms with Crippen LogP contribution in [-0.4, -0.2) is 27.1 Å². The van der Waals surface area contributed by atoms with Gasteiger partial charge in [0.2, 0.25) is 5.91 Å².